The van der Waals surface area contributed by atoms with Crippen LogP contribution in [0.4, 0.5) is 8.78 Å². The summed E-state index contributed by atoms with van der Waals surface area (Å²) in [5.74, 6) is -0.0323. The van der Waals surface area contributed by atoms with E-state index in [-0.39, 0.29) is 17.6 Å². The number of hydrogen-bond acceptors (Lipinski definition) is 3. The first-order valence-corrected chi connectivity index (χ1v) is 6.99. The van der Waals surface area contributed by atoms with E-state index in [1.54, 1.807) is 11.8 Å². The Bertz CT molecular complexity index is 476. The molecule has 2 rings (SSSR count). The molecule has 1 saturated heterocycles. The van der Waals surface area contributed by atoms with Gasteiger partial charge in [0.15, 0.2) is 0 Å². The summed E-state index contributed by atoms with van der Waals surface area (Å²) < 4.78 is 28.4. The van der Waals surface area contributed by atoms with Crippen molar-refractivity contribution >= 4 is 5.91 Å². The van der Waals surface area contributed by atoms with Gasteiger partial charge in [0.25, 0.3) is 5.91 Å². The van der Waals surface area contributed by atoms with Crippen LogP contribution >= 0.6 is 0 Å². The van der Waals surface area contributed by atoms with Crippen molar-refractivity contribution in [3.63, 3.8) is 0 Å². The molecule has 116 valence electrons. The summed E-state index contributed by atoms with van der Waals surface area (Å²) >= 11 is 0. The van der Waals surface area contributed by atoms with Gasteiger partial charge in [0.05, 0.1) is 6.10 Å². The standard InChI is InChI=1S/C15H19F2NO3/c1-10(19)12-3-2-8-18(9-12)14(20)11-4-6-13(7-5-11)21-15(16)17/h4-7,10,12,15,19H,2-3,8-9H2,1H3. The molecule has 1 aliphatic heterocycles. The lowest BCUT2D eigenvalue weighted by molar-refractivity contribution is -0.0498. The number of aliphatic hydroxyl groups excluding tert-OH is 1. The Morgan fingerprint density at radius 1 is 1.38 bits per heavy atom. The van der Waals surface area contributed by atoms with Gasteiger partial charge in [0, 0.05) is 24.6 Å². The molecule has 1 aliphatic rings. The number of amides is 1. The molecule has 1 N–H and O–H groups in total. The molecule has 6 heteroatoms. The second kappa shape index (κ2) is 6.85. The first-order valence-electron chi connectivity index (χ1n) is 6.99. The van der Waals surface area contributed by atoms with Gasteiger partial charge in [-0.25, -0.2) is 0 Å². The second-order valence-corrected chi connectivity index (χ2v) is 5.30. The molecule has 0 saturated carbocycles. The lowest BCUT2D eigenvalue weighted by atomic mass is 9.93. The van der Waals surface area contributed by atoms with Crippen molar-refractivity contribution in [3.05, 3.63) is 29.8 Å². The van der Waals surface area contributed by atoms with Crippen molar-refractivity contribution in [1.82, 2.24) is 4.90 Å². The van der Waals surface area contributed by atoms with E-state index >= 15 is 0 Å². The van der Waals surface area contributed by atoms with Gasteiger partial charge in [-0.15, -0.1) is 0 Å². The summed E-state index contributed by atoms with van der Waals surface area (Å²) in [5.41, 5.74) is 0.433. The quantitative estimate of drug-likeness (QED) is 0.929. The van der Waals surface area contributed by atoms with E-state index in [1.807, 2.05) is 0 Å². The molecule has 1 aromatic rings. The molecule has 4 nitrogen and oxygen atoms in total. The molecule has 1 fully saturated rings. The summed E-state index contributed by atoms with van der Waals surface area (Å²) in [5, 5.41) is 9.64. The highest BCUT2D eigenvalue weighted by atomic mass is 19.3. The predicted molar refractivity (Wildman–Crippen MR) is 73.4 cm³/mol. The highest BCUT2D eigenvalue weighted by molar-refractivity contribution is 5.94. The summed E-state index contributed by atoms with van der Waals surface area (Å²) in [7, 11) is 0. The first-order chi connectivity index (χ1) is 9.97. The largest absolute Gasteiger partial charge is 0.435 e. The number of likely N-dealkylation sites (tertiary alicyclic amines) is 1. The molecule has 21 heavy (non-hydrogen) atoms. The molecule has 0 aromatic heterocycles. The van der Waals surface area contributed by atoms with E-state index in [2.05, 4.69) is 4.74 Å². The lowest BCUT2D eigenvalue weighted by Crippen LogP contribution is -2.42. The van der Waals surface area contributed by atoms with Crippen LogP contribution in [0.1, 0.15) is 30.1 Å². The van der Waals surface area contributed by atoms with Crippen molar-refractivity contribution in [2.75, 3.05) is 13.1 Å². The minimum Gasteiger partial charge on any atom is -0.435 e. The maximum atomic E-state index is 12.4. The van der Waals surface area contributed by atoms with Gasteiger partial charge in [-0.05, 0) is 44.0 Å². The highest BCUT2D eigenvalue weighted by Crippen LogP contribution is 2.22. The van der Waals surface area contributed by atoms with Crippen molar-refractivity contribution in [3.8, 4) is 5.75 Å². The molecule has 0 bridgehead atoms. The third-order valence-electron chi connectivity index (χ3n) is 3.75. The zero-order valence-corrected chi connectivity index (χ0v) is 11.8. The van der Waals surface area contributed by atoms with Crippen molar-refractivity contribution in [2.24, 2.45) is 5.92 Å². The predicted octanol–water partition coefficient (Wildman–Crippen LogP) is 2.52. The van der Waals surface area contributed by atoms with Crippen LogP contribution in [0.15, 0.2) is 24.3 Å². The number of halogens is 2. The number of carbonyl (C=O) groups excluding carboxylic acids is 1. The molecular formula is C15H19F2NO3. The molecular weight excluding hydrogens is 280 g/mol. The van der Waals surface area contributed by atoms with Crippen LogP contribution in [0.5, 0.6) is 5.75 Å². The number of benzene rings is 1. The number of ether oxygens (including phenoxy) is 1. The maximum Gasteiger partial charge on any atom is 0.387 e. The fourth-order valence-electron chi connectivity index (χ4n) is 2.55. The summed E-state index contributed by atoms with van der Waals surface area (Å²) in [6.07, 6.45) is 1.32. The number of alkyl halides is 2. The average Bonchev–Trinajstić information content (AvgIpc) is 2.47. The van der Waals surface area contributed by atoms with Crippen molar-refractivity contribution < 1.29 is 23.4 Å². The van der Waals surface area contributed by atoms with Gasteiger partial charge in [-0.2, -0.15) is 8.78 Å². The Morgan fingerprint density at radius 2 is 2.05 bits per heavy atom. The Labute approximate surface area is 122 Å². The van der Waals surface area contributed by atoms with Crippen LogP contribution in [0.25, 0.3) is 0 Å². The van der Waals surface area contributed by atoms with Crippen molar-refractivity contribution in [1.29, 1.82) is 0 Å². The van der Waals surface area contributed by atoms with Gasteiger partial charge < -0.3 is 14.7 Å². The van der Waals surface area contributed by atoms with Crippen LogP contribution in [0.3, 0.4) is 0 Å². The number of carbonyl (C=O) groups is 1. The average molecular weight is 299 g/mol. The molecule has 1 heterocycles. The normalized spacial score (nSPS) is 20.4. The molecule has 1 aromatic carbocycles. The number of piperidine rings is 1. The van der Waals surface area contributed by atoms with Crippen LogP contribution in [-0.2, 0) is 0 Å². The molecule has 0 aliphatic carbocycles. The second-order valence-electron chi connectivity index (χ2n) is 5.30. The summed E-state index contributed by atoms with van der Waals surface area (Å²) in [6, 6.07) is 5.67. The SMILES string of the molecule is CC(O)C1CCCN(C(=O)c2ccc(OC(F)F)cc2)C1. The number of hydrogen-bond donors (Lipinski definition) is 1. The van der Waals surface area contributed by atoms with Crippen LogP contribution in [-0.4, -0.2) is 41.7 Å². The third-order valence-corrected chi connectivity index (χ3v) is 3.75. The summed E-state index contributed by atoms with van der Waals surface area (Å²) in [6.45, 7) is 0.0264. The molecule has 2 atom stereocenters. The topological polar surface area (TPSA) is 49.8 Å². The minimum absolute atomic E-state index is 0.0297. The molecule has 0 radical (unpaired) electrons. The highest BCUT2D eigenvalue weighted by Gasteiger charge is 2.27. The van der Waals surface area contributed by atoms with E-state index in [9.17, 15) is 18.7 Å². The fraction of sp³-hybridized carbons (Fsp3) is 0.533. The third kappa shape index (κ3) is 4.14. The lowest BCUT2D eigenvalue weighted by Gasteiger charge is -2.34. The maximum absolute atomic E-state index is 12.4. The summed E-state index contributed by atoms with van der Waals surface area (Å²) in [4.78, 5) is 14.1. The van der Waals surface area contributed by atoms with Crippen LogP contribution < -0.4 is 4.74 Å². The van der Waals surface area contributed by atoms with E-state index in [0.717, 1.165) is 12.8 Å². The van der Waals surface area contributed by atoms with Crippen LogP contribution in [0, 0.1) is 5.92 Å². The van der Waals surface area contributed by atoms with Gasteiger partial charge >= 0.3 is 6.61 Å². The number of rotatable bonds is 4. The molecule has 0 spiro atoms. The Morgan fingerprint density at radius 3 is 2.62 bits per heavy atom. The van der Waals surface area contributed by atoms with E-state index in [4.69, 9.17) is 0 Å². The zero-order valence-electron chi connectivity index (χ0n) is 11.8. The van der Waals surface area contributed by atoms with Gasteiger partial charge in [-0.3, -0.25) is 4.79 Å². The number of aliphatic hydroxyl groups is 1. The Balaban J connectivity index is 2.02. The first kappa shape index (κ1) is 15.7. The van der Waals surface area contributed by atoms with Crippen LogP contribution in [0.2, 0.25) is 0 Å². The smallest absolute Gasteiger partial charge is 0.387 e. The van der Waals surface area contributed by atoms with E-state index in [1.165, 1.54) is 24.3 Å². The Hall–Kier alpha value is -1.69. The monoisotopic (exact) mass is 299 g/mol. The van der Waals surface area contributed by atoms with Gasteiger partial charge in [-0.1, -0.05) is 0 Å². The number of nitrogens with zero attached hydrogens (tertiary/aromatic N) is 1. The van der Waals surface area contributed by atoms with E-state index in [0.29, 0.717) is 18.7 Å². The zero-order chi connectivity index (χ0) is 15.4. The van der Waals surface area contributed by atoms with E-state index < -0.39 is 12.7 Å². The molecule has 1 amide bonds. The Kier molecular flexibility index (Phi) is 5.12. The molecule has 2 unspecified atom stereocenters. The van der Waals surface area contributed by atoms with Gasteiger partial charge in [0.2, 0.25) is 0 Å². The fourth-order valence-corrected chi connectivity index (χ4v) is 2.55. The van der Waals surface area contributed by atoms with Crippen molar-refractivity contribution in [2.45, 2.75) is 32.5 Å². The minimum atomic E-state index is -2.87. The van der Waals surface area contributed by atoms with Gasteiger partial charge in [0.1, 0.15) is 5.75 Å².